The van der Waals surface area contributed by atoms with Crippen LogP contribution in [0.15, 0.2) is 18.2 Å². The minimum atomic E-state index is -0.315. The number of hydrogen-bond acceptors (Lipinski definition) is 2. The number of benzene rings is 1. The van der Waals surface area contributed by atoms with Crippen molar-refractivity contribution in [3.63, 3.8) is 0 Å². The standard InChI is InChI=1S/C9H12FNO.ClH/c1-11-6-7-3-4-9(12-2)8(10)5-7;/h3-5,11H,6H2,1-2H3;1H. The summed E-state index contributed by atoms with van der Waals surface area (Å²) in [7, 11) is 3.28. The largest absolute Gasteiger partial charge is 0.494 e. The Morgan fingerprint density at radius 2 is 2.15 bits per heavy atom. The van der Waals surface area contributed by atoms with Gasteiger partial charge >= 0.3 is 0 Å². The molecule has 0 unspecified atom stereocenters. The summed E-state index contributed by atoms with van der Waals surface area (Å²) < 4.78 is 17.8. The van der Waals surface area contributed by atoms with Gasteiger partial charge in [-0.3, -0.25) is 0 Å². The topological polar surface area (TPSA) is 21.3 Å². The van der Waals surface area contributed by atoms with Gasteiger partial charge < -0.3 is 10.1 Å². The first-order valence-electron chi connectivity index (χ1n) is 3.75. The van der Waals surface area contributed by atoms with Crippen LogP contribution in [0.2, 0.25) is 0 Å². The first kappa shape index (κ1) is 12.2. The molecular formula is C9H13ClFNO. The van der Waals surface area contributed by atoms with Crippen molar-refractivity contribution in [2.75, 3.05) is 14.2 Å². The second-order valence-corrected chi connectivity index (χ2v) is 2.50. The van der Waals surface area contributed by atoms with Crippen molar-refractivity contribution in [1.29, 1.82) is 0 Å². The number of halogens is 2. The summed E-state index contributed by atoms with van der Waals surface area (Å²) >= 11 is 0. The Bertz CT molecular complexity index is 268. The molecule has 0 aliphatic carbocycles. The maximum absolute atomic E-state index is 13.0. The second-order valence-electron chi connectivity index (χ2n) is 2.50. The van der Waals surface area contributed by atoms with Gasteiger partial charge in [0.15, 0.2) is 11.6 Å². The zero-order valence-corrected chi connectivity index (χ0v) is 8.45. The fraction of sp³-hybridized carbons (Fsp3) is 0.333. The van der Waals surface area contributed by atoms with Crippen molar-refractivity contribution in [1.82, 2.24) is 5.32 Å². The second kappa shape index (κ2) is 5.78. The highest BCUT2D eigenvalue weighted by Crippen LogP contribution is 2.17. The summed E-state index contributed by atoms with van der Waals surface area (Å²) in [6, 6.07) is 4.93. The zero-order chi connectivity index (χ0) is 8.97. The van der Waals surface area contributed by atoms with Gasteiger partial charge in [-0.1, -0.05) is 6.07 Å². The van der Waals surface area contributed by atoms with E-state index in [2.05, 4.69) is 5.32 Å². The Labute approximate surface area is 83.5 Å². The van der Waals surface area contributed by atoms with Gasteiger partial charge in [-0.25, -0.2) is 4.39 Å². The zero-order valence-electron chi connectivity index (χ0n) is 7.63. The van der Waals surface area contributed by atoms with Crippen LogP contribution in [0.1, 0.15) is 5.56 Å². The van der Waals surface area contributed by atoms with Crippen LogP contribution in [0.5, 0.6) is 5.75 Å². The summed E-state index contributed by atoms with van der Waals surface area (Å²) in [5.41, 5.74) is 0.913. The number of methoxy groups -OCH3 is 1. The predicted molar refractivity (Wildman–Crippen MR) is 53.0 cm³/mol. The van der Waals surface area contributed by atoms with Gasteiger partial charge in [-0.05, 0) is 24.7 Å². The molecule has 0 amide bonds. The van der Waals surface area contributed by atoms with Crippen LogP contribution >= 0.6 is 12.4 Å². The third-order valence-corrected chi connectivity index (χ3v) is 1.60. The highest BCUT2D eigenvalue weighted by molar-refractivity contribution is 5.85. The van der Waals surface area contributed by atoms with Crippen LogP contribution in [0, 0.1) is 5.82 Å². The van der Waals surface area contributed by atoms with E-state index in [0.717, 1.165) is 5.56 Å². The van der Waals surface area contributed by atoms with E-state index < -0.39 is 0 Å². The summed E-state index contributed by atoms with van der Waals surface area (Å²) in [4.78, 5) is 0. The number of nitrogens with one attached hydrogen (secondary N) is 1. The highest BCUT2D eigenvalue weighted by atomic mass is 35.5. The molecule has 0 saturated carbocycles. The fourth-order valence-electron chi connectivity index (χ4n) is 1.02. The molecule has 0 radical (unpaired) electrons. The summed E-state index contributed by atoms with van der Waals surface area (Å²) in [5, 5.41) is 2.94. The Morgan fingerprint density at radius 3 is 2.62 bits per heavy atom. The average molecular weight is 206 g/mol. The predicted octanol–water partition coefficient (Wildman–Crippen LogP) is 1.98. The monoisotopic (exact) mass is 205 g/mol. The molecule has 1 aromatic rings. The van der Waals surface area contributed by atoms with Gasteiger partial charge in [0.05, 0.1) is 7.11 Å². The fourth-order valence-corrected chi connectivity index (χ4v) is 1.02. The first-order valence-corrected chi connectivity index (χ1v) is 3.75. The van der Waals surface area contributed by atoms with Crippen LogP contribution in [0.25, 0.3) is 0 Å². The van der Waals surface area contributed by atoms with Gasteiger partial charge in [-0.2, -0.15) is 0 Å². The first-order chi connectivity index (χ1) is 5.77. The van der Waals surface area contributed by atoms with Crippen LogP contribution < -0.4 is 10.1 Å². The van der Waals surface area contributed by atoms with Gasteiger partial charge in [0.1, 0.15) is 0 Å². The van der Waals surface area contributed by atoms with E-state index >= 15 is 0 Å². The number of ether oxygens (including phenoxy) is 1. The molecular weight excluding hydrogens is 193 g/mol. The van der Waals surface area contributed by atoms with Crippen molar-refractivity contribution in [2.24, 2.45) is 0 Å². The maximum Gasteiger partial charge on any atom is 0.165 e. The van der Waals surface area contributed by atoms with Crippen molar-refractivity contribution < 1.29 is 9.13 Å². The molecule has 0 saturated heterocycles. The van der Waals surface area contributed by atoms with Crippen LogP contribution in [0.4, 0.5) is 4.39 Å². The Hall–Kier alpha value is -0.800. The molecule has 0 fully saturated rings. The van der Waals surface area contributed by atoms with E-state index in [1.54, 1.807) is 6.07 Å². The number of hydrogen-bond donors (Lipinski definition) is 1. The van der Waals surface area contributed by atoms with E-state index in [1.807, 2.05) is 13.1 Å². The van der Waals surface area contributed by atoms with Gasteiger partial charge in [0.25, 0.3) is 0 Å². The molecule has 0 bridgehead atoms. The summed E-state index contributed by atoms with van der Waals surface area (Å²) in [6.45, 7) is 0.668. The van der Waals surface area contributed by atoms with Crippen molar-refractivity contribution in [3.05, 3.63) is 29.6 Å². The van der Waals surface area contributed by atoms with E-state index in [0.29, 0.717) is 6.54 Å². The molecule has 1 rings (SSSR count). The lowest BCUT2D eigenvalue weighted by Gasteiger charge is -2.03. The molecule has 0 heterocycles. The van der Waals surface area contributed by atoms with Crippen molar-refractivity contribution in [3.8, 4) is 5.75 Å². The van der Waals surface area contributed by atoms with E-state index in [-0.39, 0.29) is 24.0 Å². The molecule has 0 aromatic heterocycles. The van der Waals surface area contributed by atoms with E-state index in [9.17, 15) is 4.39 Å². The molecule has 0 aliphatic heterocycles. The van der Waals surface area contributed by atoms with Crippen molar-refractivity contribution >= 4 is 12.4 Å². The number of rotatable bonds is 3. The van der Waals surface area contributed by atoms with Crippen LogP contribution in [-0.4, -0.2) is 14.2 Å². The quantitative estimate of drug-likeness (QED) is 0.815. The third kappa shape index (κ3) is 3.20. The summed E-state index contributed by atoms with van der Waals surface area (Å²) in [6.07, 6.45) is 0. The minimum Gasteiger partial charge on any atom is -0.494 e. The van der Waals surface area contributed by atoms with E-state index in [1.165, 1.54) is 13.2 Å². The Morgan fingerprint density at radius 1 is 1.46 bits per heavy atom. The molecule has 0 atom stereocenters. The maximum atomic E-state index is 13.0. The summed E-state index contributed by atoms with van der Waals surface area (Å²) in [5.74, 6) is -0.0277. The molecule has 74 valence electrons. The van der Waals surface area contributed by atoms with Gasteiger partial charge in [-0.15, -0.1) is 12.4 Å². The van der Waals surface area contributed by atoms with Crippen LogP contribution in [0.3, 0.4) is 0 Å². The van der Waals surface area contributed by atoms with E-state index in [4.69, 9.17) is 4.74 Å². The minimum absolute atomic E-state index is 0. The highest BCUT2D eigenvalue weighted by Gasteiger charge is 2.01. The molecule has 13 heavy (non-hydrogen) atoms. The molecule has 1 aromatic carbocycles. The molecule has 2 nitrogen and oxygen atoms in total. The lowest BCUT2D eigenvalue weighted by molar-refractivity contribution is 0.386. The lowest BCUT2D eigenvalue weighted by atomic mass is 10.2. The third-order valence-electron chi connectivity index (χ3n) is 1.60. The SMILES string of the molecule is CNCc1ccc(OC)c(F)c1.Cl. The smallest absolute Gasteiger partial charge is 0.165 e. The molecule has 0 spiro atoms. The Balaban J connectivity index is 0.00000144. The van der Waals surface area contributed by atoms with Crippen LogP contribution in [-0.2, 0) is 6.54 Å². The normalized spacial score (nSPS) is 9.15. The average Bonchev–Trinajstić information content (AvgIpc) is 2.05. The molecule has 1 N–H and O–H groups in total. The Kier molecular flexibility index (Phi) is 5.42. The van der Waals surface area contributed by atoms with Crippen molar-refractivity contribution in [2.45, 2.75) is 6.54 Å². The molecule has 4 heteroatoms. The van der Waals surface area contributed by atoms with Gasteiger partial charge in [0, 0.05) is 6.54 Å². The van der Waals surface area contributed by atoms with Gasteiger partial charge in [0.2, 0.25) is 0 Å². The lowest BCUT2D eigenvalue weighted by Crippen LogP contribution is -2.05. The molecule has 0 aliphatic rings.